The monoisotopic (exact) mass is 274 g/mol. The quantitative estimate of drug-likeness (QED) is 0.862. The van der Waals surface area contributed by atoms with E-state index in [1.165, 1.54) is 12.3 Å². The molecule has 0 aliphatic carbocycles. The molecular weight excluding hydrogens is 259 g/mol. The van der Waals surface area contributed by atoms with E-state index in [4.69, 9.17) is 9.47 Å². The maximum Gasteiger partial charge on any atom is 0.142 e. The Morgan fingerprint density at radius 3 is 2.90 bits per heavy atom. The Morgan fingerprint density at radius 1 is 1.35 bits per heavy atom. The number of hydrogen-bond donors (Lipinski definition) is 0. The largest absolute Gasteiger partial charge is 0.497 e. The molecule has 0 fully saturated rings. The summed E-state index contributed by atoms with van der Waals surface area (Å²) in [6.07, 6.45) is 1.24. The van der Waals surface area contributed by atoms with Crippen LogP contribution >= 0.6 is 0 Å². The van der Waals surface area contributed by atoms with Crippen molar-refractivity contribution in [3.05, 3.63) is 53.5 Å². The first-order valence-corrected chi connectivity index (χ1v) is 6.36. The molecule has 1 aromatic heterocycles. The van der Waals surface area contributed by atoms with Gasteiger partial charge in [0.1, 0.15) is 24.1 Å². The minimum absolute atomic E-state index is 0.335. The topological polar surface area (TPSA) is 34.6 Å². The molecule has 0 saturated heterocycles. The molecule has 20 heavy (non-hydrogen) atoms. The van der Waals surface area contributed by atoms with Crippen molar-refractivity contribution in [2.75, 3.05) is 18.7 Å². The van der Waals surface area contributed by atoms with Crippen molar-refractivity contribution >= 4 is 5.82 Å². The van der Waals surface area contributed by atoms with Crippen LogP contribution in [0.4, 0.5) is 10.2 Å². The summed E-state index contributed by atoms with van der Waals surface area (Å²) in [6.45, 7) is 1.52. The average molecular weight is 274 g/mol. The van der Waals surface area contributed by atoms with E-state index in [-0.39, 0.29) is 5.82 Å². The van der Waals surface area contributed by atoms with Gasteiger partial charge in [0.15, 0.2) is 0 Å². The van der Waals surface area contributed by atoms with Crippen molar-refractivity contribution in [1.29, 1.82) is 0 Å². The van der Waals surface area contributed by atoms with Gasteiger partial charge in [0.2, 0.25) is 0 Å². The van der Waals surface area contributed by atoms with Crippen LogP contribution in [0.1, 0.15) is 11.1 Å². The zero-order valence-electron chi connectivity index (χ0n) is 11.2. The Bertz CT molecular complexity index is 601. The van der Waals surface area contributed by atoms with Crippen molar-refractivity contribution in [2.45, 2.75) is 13.2 Å². The smallest absolute Gasteiger partial charge is 0.142 e. The fourth-order valence-electron chi connectivity index (χ4n) is 2.26. The molecule has 104 valence electrons. The summed E-state index contributed by atoms with van der Waals surface area (Å²) in [4.78, 5) is 6.16. The van der Waals surface area contributed by atoms with E-state index in [1.54, 1.807) is 7.11 Å². The Labute approximate surface area is 116 Å². The molecule has 0 bridgehead atoms. The Hall–Kier alpha value is -2.14. The van der Waals surface area contributed by atoms with Gasteiger partial charge in [-0.25, -0.2) is 9.37 Å². The van der Waals surface area contributed by atoms with Gasteiger partial charge in [-0.2, -0.15) is 0 Å². The third kappa shape index (κ3) is 2.58. The number of methoxy groups -OCH3 is 1. The molecular formula is C15H15FN2O2. The zero-order chi connectivity index (χ0) is 13.9. The molecule has 2 heterocycles. The van der Waals surface area contributed by atoms with Gasteiger partial charge >= 0.3 is 0 Å². The van der Waals surface area contributed by atoms with Crippen LogP contribution in [0.3, 0.4) is 0 Å². The van der Waals surface area contributed by atoms with Gasteiger partial charge in [0.05, 0.1) is 19.9 Å². The summed E-state index contributed by atoms with van der Waals surface area (Å²) in [6, 6.07) is 9.30. The second kappa shape index (κ2) is 5.46. The molecule has 0 spiro atoms. The minimum atomic E-state index is -0.335. The predicted molar refractivity (Wildman–Crippen MR) is 73.0 cm³/mol. The second-order valence-electron chi connectivity index (χ2n) is 4.66. The van der Waals surface area contributed by atoms with E-state index < -0.39 is 0 Å². The predicted octanol–water partition coefficient (Wildman–Crippen LogP) is 2.72. The van der Waals surface area contributed by atoms with Gasteiger partial charge in [-0.1, -0.05) is 12.1 Å². The van der Waals surface area contributed by atoms with Crippen LogP contribution in [-0.2, 0) is 17.9 Å². The highest BCUT2D eigenvalue weighted by Crippen LogP contribution is 2.25. The number of ether oxygens (including phenoxy) is 2. The number of anilines is 1. The molecule has 0 amide bonds. The van der Waals surface area contributed by atoms with Crippen LogP contribution in [0, 0.1) is 5.82 Å². The van der Waals surface area contributed by atoms with Crippen LogP contribution in [0.15, 0.2) is 36.5 Å². The van der Waals surface area contributed by atoms with E-state index in [1.807, 2.05) is 29.2 Å². The zero-order valence-corrected chi connectivity index (χ0v) is 11.2. The van der Waals surface area contributed by atoms with E-state index in [0.717, 1.165) is 22.7 Å². The maximum absolute atomic E-state index is 13.2. The van der Waals surface area contributed by atoms with Gasteiger partial charge in [0.25, 0.3) is 0 Å². The first-order valence-electron chi connectivity index (χ1n) is 6.36. The summed E-state index contributed by atoms with van der Waals surface area (Å²) in [5, 5.41) is 0. The van der Waals surface area contributed by atoms with E-state index in [0.29, 0.717) is 19.9 Å². The van der Waals surface area contributed by atoms with Crippen molar-refractivity contribution < 1.29 is 13.9 Å². The van der Waals surface area contributed by atoms with Crippen LogP contribution in [0.5, 0.6) is 5.75 Å². The Kier molecular flexibility index (Phi) is 3.52. The third-order valence-electron chi connectivity index (χ3n) is 3.25. The van der Waals surface area contributed by atoms with Crippen molar-refractivity contribution in [3.63, 3.8) is 0 Å². The van der Waals surface area contributed by atoms with Crippen LogP contribution < -0.4 is 9.64 Å². The number of hydrogen-bond acceptors (Lipinski definition) is 4. The van der Waals surface area contributed by atoms with Gasteiger partial charge in [-0.3, -0.25) is 0 Å². The second-order valence-corrected chi connectivity index (χ2v) is 4.66. The highest BCUT2D eigenvalue weighted by atomic mass is 19.1. The lowest BCUT2D eigenvalue weighted by atomic mass is 10.2. The number of aromatic nitrogens is 1. The molecule has 0 unspecified atom stereocenters. The highest BCUT2D eigenvalue weighted by molar-refractivity contribution is 5.48. The third-order valence-corrected chi connectivity index (χ3v) is 3.25. The Balaban J connectivity index is 1.81. The number of pyridine rings is 1. The number of rotatable bonds is 3. The van der Waals surface area contributed by atoms with Gasteiger partial charge in [-0.15, -0.1) is 0 Å². The number of nitrogens with zero attached hydrogens (tertiary/aromatic N) is 2. The molecule has 0 saturated carbocycles. The molecule has 1 aliphatic rings. The standard InChI is InChI=1S/C15H15FN2O2/c1-19-14-4-2-11(3-5-14)8-18-10-20-9-12-6-13(16)7-17-15(12)18/h2-7H,8-10H2,1H3. The molecule has 3 rings (SSSR count). The summed E-state index contributed by atoms with van der Waals surface area (Å²) < 4.78 is 23.8. The van der Waals surface area contributed by atoms with Gasteiger partial charge in [-0.05, 0) is 23.8 Å². The molecule has 1 aliphatic heterocycles. The molecule has 5 heteroatoms. The van der Waals surface area contributed by atoms with Gasteiger partial charge < -0.3 is 14.4 Å². The van der Waals surface area contributed by atoms with Crippen LogP contribution in [-0.4, -0.2) is 18.8 Å². The Morgan fingerprint density at radius 2 is 2.15 bits per heavy atom. The molecule has 0 radical (unpaired) electrons. The normalized spacial score (nSPS) is 14.0. The van der Waals surface area contributed by atoms with Crippen LogP contribution in [0.2, 0.25) is 0 Å². The fourth-order valence-corrected chi connectivity index (χ4v) is 2.26. The maximum atomic E-state index is 13.2. The van der Waals surface area contributed by atoms with Crippen LogP contribution in [0.25, 0.3) is 0 Å². The lowest BCUT2D eigenvalue weighted by Gasteiger charge is -2.29. The first-order chi connectivity index (χ1) is 9.76. The lowest BCUT2D eigenvalue weighted by Crippen LogP contribution is -2.31. The molecule has 0 atom stereocenters. The lowest BCUT2D eigenvalue weighted by molar-refractivity contribution is 0.107. The molecule has 4 nitrogen and oxygen atoms in total. The van der Waals surface area contributed by atoms with Crippen molar-refractivity contribution in [1.82, 2.24) is 4.98 Å². The first kappa shape index (κ1) is 12.9. The fraction of sp³-hybridized carbons (Fsp3) is 0.267. The number of halogens is 1. The highest BCUT2D eigenvalue weighted by Gasteiger charge is 2.19. The van der Waals surface area contributed by atoms with Crippen molar-refractivity contribution in [2.24, 2.45) is 0 Å². The van der Waals surface area contributed by atoms with Gasteiger partial charge in [0, 0.05) is 12.1 Å². The molecule has 1 aromatic carbocycles. The summed E-state index contributed by atoms with van der Waals surface area (Å²) in [7, 11) is 1.64. The SMILES string of the molecule is COc1ccc(CN2COCc3cc(F)cnc32)cc1. The molecule has 2 aromatic rings. The van der Waals surface area contributed by atoms with E-state index >= 15 is 0 Å². The number of benzene rings is 1. The van der Waals surface area contributed by atoms with Crippen molar-refractivity contribution in [3.8, 4) is 5.75 Å². The average Bonchev–Trinajstić information content (AvgIpc) is 2.48. The summed E-state index contributed by atoms with van der Waals surface area (Å²) >= 11 is 0. The van der Waals surface area contributed by atoms with E-state index in [9.17, 15) is 4.39 Å². The summed E-state index contributed by atoms with van der Waals surface area (Å²) in [5.41, 5.74) is 1.90. The molecule has 0 N–H and O–H groups in total. The minimum Gasteiger partial charge on any atom is -0.497 e. The summed E-state index contributed by atoms with van der Waals surface area (Å²) in [5.74, 6) is 1.27. The van der Waals surface area contributed by atoms with E-state index in [2.05, 4.69) is 4.98 Å². The number of fused-ring (bicyclic) bond motifs is 1.